The van der Waals surface area contributed by atoms with Crippen LogP contribution in [0.1, 0.15) is 71.3 Å². The molecule has 5 heteroatoms. The van der Waals surface area contributed by atoms with E-state index in [2.05, 4.69) is 31.4 Å². The number of nitrogens with one attached hydrogen (secondary N) is 2. The van der Waals surface area contributed by atoms with E-state index in [1.165, 1.54) is 19.3 Å². The minimum Gasteiger partial charge on any atom is -0.495 e. The third kappa shape index (κ3) is 4.21. The van der Waals surface area contributed by atoms with Crippen LogP contribution in [0, 0.1) is 23.2 Å². The monoisotopic (exact) mass is 412 g/mol. The molecule has 0 unspecified atom stereocenters. The molecule has 4 fully saturated rings. The number of amides is 2. The van der Waals surface area contributed by atoms with Crippen LogP contribution in [0.5, 0.6) is 5.75 Å². The predicted octanol–water partition coefficient (Wildman–Crippen LogP) is 4.65. The number of hydrogen-bond acceptors (Lipinski definition) is 3. The second-order valence-electron chi connectivity index (χ2n) is 10.9. The van der Waals surface area contributed by atoms with Crippen LogP contribution in [-0.2, 0) is 15.0 Å². The molecule has 0 atom stereocenters. The second kappa shape index (κ2) is 7.90. The van der Waals surface area contributed by atoms with E-state index < -0.39 is 0 Å². The Hall–Kier alpha value is -2.04. The zero-order chi connectivity index (χ0) is 21.5. The van der Waals surface area contributed by atoms with Crippen molar-refractivity contribution in [1.82, 2.24) is 5.32 Å². The van der Waals surface area contributed by atoms with Crippen molar-refractivity contribution in [3.63, 3.8) is 0 Å². The summed E-state index contributed by atoms with van der Waals surface area (Å²) in [4.78, 5) is 25.6. The van der Waals surface area contributed by atoms with Crippen molar-refractivity contribution in [3.8, 4) is 5.75 Å². The Kier molecular flexibility index (Phi) is 5.58. The molecule has 1 aromatic carbocycles. The first-order chi connectivity index (χ1) is 14.2. The molecule has 5 nitrogen and oxygen atoms in total. The zero-order valence-electron chi connectivity index (χ0n) is 18.8. The van der Waals surface area contributed by atoms with Crippen molar-refractivity contribution in [2.45, 2.75) is 71.1 Å². The Labute approximate surface area is 180 Å². The molecule has 0 radical (unpaired) electrons. The highest BCUT2D eigenvalue weighted by Gasteiger charge is 2.54. The van der Waals surface area contributed by atoms with Gasteiger partial charge in [-0.25, -0.2) is 0 Å². The van der Waals surface area contributed by atoms with Gasteiger partial charge in [-0.05, 0) is 79.4 Å². The van der Waals surface area contributed by atoms with E-state index in [4.69, 9.17) is 4.74 Å². The van der Waals surface area contributed by atoms with Crippen LogP contribution in [0.25, 0.3) is 0 Å². The molecular formula is C25H36N2O3. The average Bonchev–Trinajstić information content (AvgIpc) is 2.66. The largest absolute Gasteiger partial charge is 0.495 e. The molecule has 0 aliphatic heterocycles. The first kappa shape index (κ1) is 21.2. The number of hydrogen-bond donors (Lipinski definition) is 2. The normalized spacial score (nSPS) is 29.5. The van der Waals surface area contributed by atoms with Crippen molar-refractivity contribution in [2.75, 3.05) is 19.0 Å². The van der Waals surface area contributed by atoms with Crippen molar-refractivity contribution in [2.24, 2.45) is 23.2 Å². The standard InChI is InChI=1S/C25H36N2O3/c1-24(2,3)19-5-6-21(30-4)20(12-19)27-22(28)7-8-26-23(29)25-13-16-9-17(14-25)11-18(10-16)15-25/h5-6,12,16-18H,7-11,13-15H2,1-4H3,(H,26,29)(H,27,28). The number of carbonyl (C=O) groups is 2. The summed E-state index contributed by atoms with van der Waals surface area (Å²) >= 11 is 0. The zero-order valence-corrected chi connectivity index (χ0v) is 18.8. The Morgan fingerprint density at radius 3 is 2.20 bits per heavy atom. The minimum absolute atomic E-state index is 0.0163. The van der Waals surface area contributed by atoms with E-state index in [9.17, 15) is 9.59 Å². The highest BCUT2D eigenvalue weighted by atomic mass is 16.5. The summed E-state index contributed by atoms with van der Waals surface area (Å²) in [5, 5.41) is 6.06. The van der Waals surface area contributed by atoms with Gasteiger partial charge in [0.2, 0.25) is 11.8 Å². The molecule has 30 heavy (non-hydrogen) atoms. The van der Waals surface area contributed by atoms with Gasteiger partial charge < -0.3 is 15.4 Å². The van der Waals surface area contributed by atoms with Gasteiger partial charge in [-0.3, -0.25) is 9.59 Å². The maximum Gasteiger partial charge on any atom is 0.226 e. The van der Waals surface area contributed by atoms with Crippen molar-refractivity contribution < 1.29 is 14.3 Å². The molecule has 0 spiro atoms. The van der Waals surface area contributed by atoms with Crippen LogP contribution >= 0.6 is 0 Å². The number of carbonyl (C=O) groups excluding carboxylic acids is 2. The van der Waals surface area contributed by atoms with Crippen LogP contribution in [0.2, 0.25) is 0 Å². The summed E-state index contributed by atoms with van der Waals surface area (Å²) in [6, 6.07) is 5.90. The van der Waals surface area contributed by atoms with Crippen LogP contribution in [-0.4, -0.2) is 25.5 Å². The first-order valence-corrected chi connectivity index (χ1v) is 11.5. The number of ether oxygens (including phenoxy) is 1. The number of methoxy groups -OCH3 is 1. The van der Waals surface area contributed by atoms with E-state index in [-0.39, 0.29) is 29.1 Å². The number of rotatable bonds is 6. The highest BCUT2D eigenvalue weighted by molar-refractivity contribution is 5.93. The molecule has 0 heterocycles. The van der Waals surface area contributed by atoms with Crippen molar-refractivity contribution in [1.29, 1.82) is 0 Å². The number of anilines is 1. The number of benzene rings is 1. The van der Waals surface area contributed by atoms with E-state index in [1.54, 1.807) is 7.11 Å². The van der Waals surface area contributed by atoms with Gasteiger partial charge in [0.15, 0.2) is 0 Å². The van der Waals surface area contributed by atoms with Crippen LogP contribution in [0.15, 0.2) is 18.2 Å². The molecule has 4 aliphatic carbocycles. The van der Waals surface area contributed by atoms with Gasteiger partial charge >= 0.3 is 0 Å². The smallest absolute Gasteiger partial charge is 0.226 e. The van der Waals surface area contributed by atoms with E-state index >= 15 is 0 Å². The summed E-state index contributed by atoms with van der Waals surface area (Å²) in [6.07, 6.45) is 7.38. The quantitative estimate of drug-likeness (QED) is 0.714. The molecule has 2 amide bonds. The molecule has 164 valence electrons. The highest BCUT2D eigenvalue weighted by Crippen LogP contribution is 2.60. The maximum absolute atomic E-state index is 13.0. The predicted molar refractivity (Wildman–Crippen MR) is 119 cm³/mol. The van der Waals surface area contributed by atoms with Gasteiger partial charge in [0.25, 0.3) is 0 Å². The summed E-state index contributed by atoms with van der Waals surface area (Å²) in [5.74, 6) is 2.95. The molecule has 1 aromatic rings. The third-order valence-electron chi connectivity index (χ3n) is 7.50. The Morgan fingerprint density at radius 2 is 1.67 bits per heavy atom. The van der Waals surface area contributed by atoms with Crippen molar-refractivity contribution in [3.05, 3.63) is 23.8 Å². The van der Waals surface area contributed by atoms with Crippen molar-refractivity contribution >= 4 is 17.5 Å². The van der Waals surface area contributed by atoms with Crippen LogP contribution in [0.4, 0.5) is 5.69 Å². The second-order valence-corrected chi connectivity index (χ2v) is 10.9. The van der Waals surface area contributed by atoms with Crippen LogP contribution < -0.4 is 15.4 Å². The SMILES string of the molecule is COc1ccc(C(C)(C)C)cc1NC(=O)CCNC(=O)C12CC3CC(CC(C3)C1)C2. The molecule has 0 aromatic heterocycles. The summed E-state index contributed by atoms with van der Waals surface area (Å²) in [6.45, 7) is 6.80. The van der Waals surface area contributed by atoms with Gasteiger partial charge in [-0.15, -0.1) is 0 Å². The molecule has 2 N–H and O–H groups in total. The average molecular weight is 413 g/mol. The van der Waals surface area contributed by atoms with Crippen LogP contribution in [0.3, 0.4) is 0 Å². The molecule has 5 rings (SSSR count). The molecular weight excluding hydrogens is 376 g/mol. The van der Waals surface area contributed by atoms with Gasteiger partial charge in [-0.2, -0.15) is 0 Å². The summed E-state index contributed by atoms with van der Waals surface area (Å²) in [7, 11) is 1.60. The lowest BCUT2D eigenvalue weighted by Gasteiger charge is -2.55. The Morgan fingerprint density at radius 1 is 1.07 bits per heavy atom. The molecule has 4 saturated carbocycles. The molecule has 4 bridgehead atoms. The van der Waals surface area contributed by atoms with E-state index in [0.29, 0.717) is 18.0 Å². The fraction of sp³-hybridized carbons (Fsp3) is 0.680. The van der Waals surface area contributed by atoms with Gasteiger partial charge in [-0.1, -0.05) is 26.8 Å². The van der Waals surface area contributed by atoms with Gasteiger partial charge in [0, 0.05) is 18.4 Å². The van der Waals surface area contributed by atoms with Gasteiger partial charge in [0.1, 0.15) is 5.75 Å². The Balaban J connectivity index is 1.32. The molecule has 4 aliphatic rings. The summed E-state index contributed by atoms with van der Waals surface area (Å²) in [5.41, 5.74) is 1.64. The third-order valence-corrected chi connectivity index (χ3v) is 7.50. The lowest BCUT2D eigenvalue weighted by Crippen LogP contribution is -2.53. The topological polar surface area (TPSA) is 67.4 Å². The molecule has 0 saturated heterocycles. The maximum atomic E-state index is 13.0. The lowest BCUT2D eigenvalue weighted by molar-refractivity contribution is -0.146. The Bertz CT molecular complexity index is 789. The minimum atomic E-state index is -0.157. The summed E-state index contributed by atoms with van der Waals surface area (Å²) < 4.78 is 5.41. The fourth-order valence-electron chi connectivity index (χ4n) is 6.35. The van der Waals surface area contributed by atoms with E-state index in [1.807, 2.05) is 18.2 Å². The first-order valence-electron chi connectivity index (χ1n) is 11.5. The fourth-order valence-corrected chi connectivity index (χ4v) is 6.35. The van der Waals surface area contributed by atoms with E-state index in [0.717, 1.165) is 42.6 Å². The lowest BCUT2D eigenvalue weighted by atomic mass is 9.49. The van der Waals surface area contributed by atoms with Gasteiger partial charge in [0.05, 0.1) is 12.8 Å².